The van der Waals surface area contributed by atoms with Crippen molar-refractivity contribution < 1.29 is 9.53 Å². The minimum Gasteiger partial charge on any atom is -0.462 e. The Hall–Kier alpha value is -1.35. The molecule has 3 heteroatoms. The molecule has 3 nitrogen and oxygen atoms in total. The molecule has 1 aromatic rings. The second-order valence-corrected chi connectivity index (χ2v) is 5.50. The Kier molecular flexibility index (Phi) is 7.29. The Balaban J connectivity index is 0.000000360. The summed E-state index contributed by atoms with van der Waals surface area (Å²) in [4.78, 5) is 9.60. The summed E-state index contributed by atoms with van der Waals surface area (Å²) < 4.78 is 4.55. The highest BCUT2D eigenvalue weighted by atomic mass is 16.5. The minimum atomic E-state index is -0.318. The lowest BCUT2D eigenvalue weighted by molar-refractivity contribution is -0.138. The van der Waals surface area contributed by atoms with E-state index in [4.69, 9.17) is 5.73 Å². The summed E-state index contributed by atoms with van der Waals surface area (Å²) in [5, 5.41) is 0. The maximum Gasteiger partial charge on any atom is 0.293 e. The third-order valence-electron chi connectivity index (χ3n) is 2.04. The van der Waals surface area contributed by atoms with Crippen molar-refractivity contribution in [3.63, 3.8) is 0 Å². The zero-order valence-electron chi connectivity index (χ0n) is 12.1. The molecular formula is C15H25NO2. The highest BCUT2D eigenvalue weighted by Crippen LogP contribution is 2.05. The number of carbonyl (C=O) groups excluding carboxylic acids is 1. The molecular weight excluding hydrogens is 226 g/mol. The van der Waals surface area contributed by atoms with Gasteiger partial charge in [0.25, 0.3) is 6.47 Å². The lowest BCUT2D eigenvalue weighted by Crippen LogP contribution is -2.17. The van der Waals surface area contributed by atoms with Gasteiger partial charge in [0, 0.05) is 6.04 Å². The van der Waals surface area contributed by atoms with Gasteiger partial charge in [-0.2, -0.15) is 0 Å². The molecule has 102 valence electrons. The van der Waals surface area contributed by atoms with Crippen LogP contribution in [0.3, 0.4) is 0 Å². The maximum atomic E-state index is 9.60. The van der Waals surface area contributed by atoms with Crippen LogP contribution in [-0.4, -0.2) is 18.1 Å². The van der Waals surface area contributed by atoms with E-state index in [0.717, 1.165) is 6.42 Å². The molecule has 1 aromatic carbocycles. The Labute approximate surface area is 110 Å². The zero-order chi connectivity index (χ0) is 14.2. The van der Waals surface area contributed by atoms with E-state index in [9.17, 15) is 4.79 Å². The van der Waals surface area contributed by atoms with Crippen LogP contribution < -0.4 is 5.73 Å². The van der Waals surface area contributed by atoms with Crippen LogP contribution in [0.25, 0.3) is 0 Å². The van der Waals surface area contributed by atoms with E-state index in [-0.39, 0.29) is 11.6 Å². The number of benzene rings is 1. The third kappa shape index (κ3) is 9.85. The SMILES string of the molecule is CC(C)(C)OC=O.Cc1cccc(CC(C)N)c1. The van der Waals surface area contributed by atoms with Gasteiger partial charge in [-0.3, -0.25) is 4.79 Å². The van der Waals surface area contributed by atoms with Crippen LogP contribution in [0, 0.1) is 6.92 Å². The molecule has 1 unspecified atom stereocenters. The molecule has 0 bridgehead atoms. The van der Waals surface area contributed by atoms with Gasteiger partial charge in [0.2, 0.25) is 0 Å². The number of nitrogens with two attached hydrogens (primary N) is 1. The van der Waals surface area contributed by atoms with Crippen molar-refractivity contribution in [2.45, 2.75) is 52.7 Å². The quantitative estimate of drug-likeness (QED) is 0.840. The third-order valence-corrected chi connectivity index (χ3v) is 2.04. The van der Waals surface area contributed by atoms with Gasteiger partial charge < -0.3 is 10.5 Å². The molecule has 0 aromatic heterocycles. The van der Waals surface area contributed by atoms with E-state index in [2.05, 4.69) is 35.9 Å². The largest absolute Gasteiger partial charge is 0.462 e. The molecule has 0 aliphatic heterocycles. The maximum absolute atomic E-state index is 9.60. The van der Waals surface area contributed by atoms with Crippen molar-refractivity contribution in [3.8, 4) is 0 Å². The Morgan fingerprint density at radius 2 is 2.00 bits per heavy atom. The fourth-order valence-corrected chi connectivity index (χ4v) is 1.36. The summed E-state index contributed by atoms with van der Waals surface area (Å²) >= 11 is 0. The molecule has 0 saturated heterocycles. The fourth-order valence-electron chi connectivity index (χ4n) is 1.36. The van der Waals surface area contributed by atoms with Crippen molar-refractivity contribution in [1.29, 1.82) is 0 Å². The predicted octanol–water partition coefficient (Wildman–Crippen LogP) is 2.84. The van der Waals surface area contributed by atoms with Crippen molar-refractivity contribution in [1.82, 2.24) is 0 Å². The molecule has 0 saturated carbocycles. The first-order valence-electron chi connectivity index (χ1n) is 6.17. The van der Waals surface area contributed by atoms with Crippen molar-refractivity contribution in [2.75, 3.05) is 0 Å². The summed E-state index contributed by atoms with van der Waals surface area (Å²) in [6.07, 6.45) is 0.974. The van der Waals surface area contributed by atoms with Crippen LogP contribution in [0.2, 0.25) is 0 Å². The van der Waals surface area contributed by atoms with Crippen LogP contribution >= 0.6 is 0 Å². The summed E-state index contributed by atoms with van der Waals surface area (Å²) in [6, 6.07) is 8.74. The second-order valence-electron chi connectivity index (χ2n) is 5.50. The smallest absolute Gasteiger partial charge is 0.293 e. The average molecular weight is 251 g/mol. The standard InChI is InChI=1S/C10H15N.C5H10O2/c1-8-4-3-5-10(6-8)7-9(2)11;1-5(2,3)7-4-6/h3-6,9H,7,11H2,1-2H3;4H,1-3H3. The monoisotopic (exact) mass is 251 g/mol. The molecule has 0 radical (unpaired) electrons. The molecule has 0 aliphatic carbocycles. The van der Waals surface area contributed by atoms with E-state index < -0.39 is 0 Å². The fraction of sp³-hybridized carbons (Fsp3) is 0.533. The average Bonchev–Trinajstić information content (AvgIpc) is 2.15. The summed E-state index contributed by atoms with van der Waals surface area (Å²) in [7, 11) is 0. The summed E-state index contributed by atoms with van der Waals surface area (Å²) in [5.41, 5.74) is 8.00. The van der Waals surface area contributed by atoms with Gasteiger partial charge in [-0.15, -0.1) is 0 Å². The van der Waals surface area contributed by atoms with Gasteiger partial charge in [-0.25, -0.2) is 0 Å². The molecule has 0 heterocycles. The number of hydrogen-bond donors (Lipinski definition) is 1. The van der Waals surface area contributed by atoms with Crippen molar-refractivity contribution >= 4 is 6.47 Å². The van der Waals surface area contributed by atoms with Crippen molar-refractivity contribution in [2.24, 2.45) is 5.73 Å². The number of rotatable bonds is 3. The Morgan fingerprint density at radius 3 is 2.33 bits per heavy atom. The molecule has 0 fully saturated rings. The van der Waals surface area contributed by atoms with E-state index in [1.807, 2.05) is 27.7 Å². The van der Waals surface area contributed by atoms with E-state index in [1.54, 1.807) is 0 Å². The highest BCUT2D eigenvalue weighted by Gasteiger charge is 2.07. The normalized spacial score (nSPS) is 12.1. The molecule has 1 rings (SSSR count). The van der Waals surface area contributed by atoms with Gasteiger partial charge in [0.1, 0.15) is 5.60 Å². The van der Waals surface area contributed by atoms with Gasteiger partial charge in [-0.1, -0.05) is 29.8 Å². The minimum absolute atomic E-state index is 0.261. The molecule has 2 N–H and O–H groups in total. The lowest BCUT2D eigenvalue weighted by Gasteiger charge is -2.14. The molecule has 0 spiro atoms. The first kappa shape index (κ1) is 16.6. The van der Waals surface area contributed by atoms with Gasteiger partial charge in [0.05, 0.1) is 0 Å². The van der Waals surface area contributed by atoms with Gasteiger partial charge in [-0.05, 0) is 46.6 Å². The first-order chi connectivity index (χ1) is 8.24. The van der Waals surface area contributed by atoms with Crippen LogP contribution in [0.15, 0.2) is 24.3 Å². The van der Waals surface area contributed by atoms with E-state index >= 15 is 0 Å². The highest BCUT2D eigenvalue weighted by molar-refractivity contribution is 5.37. The lowest BCUT2D eigenvalue weighted by atomic mass is 10.1. The number of aryl methyl sites for hydroxylation is 1. The zero-order valence-corrected chi connectivity index (χ0v) is 12.1. The van der Waals surface area contributed by atoms with E-state index in [0.29, 0.717) is 6.47 Å². The second kappa shape index (κ2) is 7.88. The molecule has 18 heavy (non-hydrogen) atoms. The first-order valence-corrected chi connectivity index (χ1v) is 6.17. The number of hydrogen-bond acceptors (Lipinski definition) is 3. The van der Waals surface area contributed by atoms with Crippen LogP contribution in [0.4, 0.5) is 0 Å². The van der Waals surface area contributed by atoms with Crippen molar-refractivity contribution in [3.05, 3.63) is 35.4 Å². The topological polar surface area (TPSA) is 52.3 Å². The predicted molar refractivity (Wildman–Crippen MR) is 75.4 cm³/mol. The Morgan fingerprint density at radius 1 is 1.39 bits per heavy atom. The molecule has 0 amide bonds. The van der Waals surface area contributed by atoms with Crippen LogP contribution in [-0.2, 0) is 16.0 Å². The summed E-state index contributed by atoms with van der Waals surface area (Å²) in [5.74, 6) is 0. The van der Waals surface area contributed by atoms with Gasteiger partial charge in [0.15, 0.2) is 0 Å². The number of ether oxygens (including phenoxy) is 1. The van der Waals surface area contributed by atoms with Crippen LogP contribution in [0.5, 0.6) is 0 Å². The molecule has 0 aliphatic rings. The summed E-state index contributed by atoms with van der Waals surface area (Å²) in [6.45, 7) is 10.1. The molecule has 1 atom stereocenters. The Bertz CT molecular complexity index is 354. The number of carbonyl (C=O) groups is 1. The van der Waals surface area contributed by atoms with Crippen LogP contribution in [0.1, 0.15) is 38.8 Å². The van der Waals surface area contributed by atoms with E-state index in [1.165, 1.54) is 11.1 Å². The van der Waals surface area contributed by atoms with Gasteiger partial charge >= 0.3 is 0 Å².